The maximum Gasteiger partial charge on any atom is 0.191 e. The van der Waals surface area contributed by atoms with Gasteiger partial charge in [0.05, 0.1) is 18.8 Å². The van der Waals surface area contributed by atoms with E-state index in [4.69, 9.17) is 4.74 Å². The van der Waals surface area contributed by atoms with Crippen molar-refractivity contribution >= 4 is 5.96 Å². The van der Waals surface area contributed by atoms with Gasteiger partial charge in [-0.2, -0.15) is 5.10 Å². The first kappa shape index (κ1) is 16.3. The average Bonchev–Trinajstić information content (AvgIpc) is 2.96. The minimum Gasteiger partial charge on any atom is -0.377 e. The lowest BCUT2D eigenvalue weighted by Crippen LogP contribution is -2.71. The molecule has 2 N–H and O–H groups in total. The highest BCUT2D eigenvalue weighted by Gasteiger charge is 2.58. The molecule has 2 heterocycles. The first-order valence-corrected chi connectivity index (χ1v) is 8.60. The number of aromatic nitrogens is 2. The van der Waals surface area contributed by atoms with Gasteiger partial charge in [0.1, 0.15) is 0 Å². The second-order valence-electron chi connectivity index (χ2n) is 7.32. The van der Waals surface area contributed by atoms with Crippen molar-refractivity contribution in [2.24, 2.45) is 16.3 Å². The van der Waals surface area contributed by atoms with Gasteiger partial charge in [-0.1, -0.05) is 13.8 Å². The molecule has 128 valence electrons. The summed E-state index contributed by atoms with van der Waals surface area (Å²) in [5.41, 5.74) is 1.34. The van der Waals surface area contributed by atoms with Crippen LogP contribution in [0, 0.1) is 18.3 Å². The molecular weight excluding hydrogens is 290 g/mol. The summed E-state index contributed by atoms with van der Waals surface area (Å²) in [6, 6.07) is 0.422. The van der Waals surface area contributed by atoms with Crippen molar-refractivity contribution in [2.75, 3.05) is 20.2 Å². The second-order valence-corrected chi connectivity index (χ2v) is 7.32. The molecule has 0 amide bonds. The number of ether oxygens (including phenoxy) is 1. The Morgan fingerprint density at radius 1 is 1.52 bits per heavy atom. The number of aliphatic imine (C=N–C) groups is 1. The van der Waals surface area contributed by atoms with E-state index >= 15 is 0 Å². The summed E-state index contributed by atoms with van der Waals surface area (Å²) in [5, 5.41) is 11.3. The van der Waals surface area contributed by atoms with Crippen LogP contribution in [0.25, 0.3) is 0 Å². The monoisotopic (exact) mass is 319 g/mol. The van der Waals surface area contributed by atoms with E-state index in [2.05, 4.69) is 47.7 Å². The summed E-state index contributed by atoms with van der Waals surface area (Å²) >= 11 is 0. The van der Waals surface area contributed by atoms with Crippen LogP contribution in [0.3, 0.4) is 0 Å². The highest BCUT2D eigenvalue weighted by Crippen LogP contribution is 2.51. The maximum absolute atomic E-state index is 5.97. The Morgan fingerprint density at radius 3 is 3.04 bits per heavy atom. The van der Waals surface area contributed by atoms with Crippen LogP contribution >= 0.6 is 0 Å². The molecule has 1 aromatic rings. The van der Waals surface area contributed by atoms with Crippen molar-refractivity contribution in [1.82, 2.24) is 20.4 Å². The zero-order valence-corrected chi connectivity index (χ0v) is 14.7. The minimum atomic E-state index is 0.155. The third kappa shape index (κ3) is 3.22. The van der Waals surface area contributed by atoms with Crippen LogP contribution < -0.4 is 10.6 Å². The van der Waals surface area contributed by atoms with E-state index in [9.17, 15) is 0 Å². The molecular formula is C17H29N5O. The fourth-order valence-electron chi connectivity index (χ4n) is 4.04. The van der Waals surface area contributed by atoms with Crippen molar-refractivity contribution in [2.45, 2.75) is 52.3 Å². The lowest BCUT2D eigenvalue weighted by atomic mass is 9.55. The van der Waals surface area contributed by atoms with E-state index in [1.54, 1.807) is 0 Å². The molecule has 3 unspecified atom stereocenters. The molecule has 1 aromatic heterocycles. The number of hydrogen-bond donors (Lipinski definition) is 2. The Kier molecular flexibility index (Phi) is 4.62. The topological polar surface area (TPSA) is 63.5 Å². The molecule has 2 fully saturated rings. The smallest absolute Gasteiger partial charge is 0.191 e. The van der Waals surface area contributed by atoms with Gasteiger partial charge in [-0.15, -0.1) is 0 Å². The third-order valence-electron chi connectivity index (χ3n) is 5.24. The molecule has 0 aromatic carbocycles. The third-order valence-corrected chi connectivity index (χ3v) is 5.24. The number of hydrogen-bond acceptors (Lipinski definition) is 3. The van der Waals surface area contributed by atoms with Crippen LogP contribution in [0.15, 0.2) is 17.4 Å². The van der Waals surface area contributed by atoms with E-state index in [0.717, 1.165) is 25.7 Å². The van der Waals surface area contributed by atoms with E-state index in [1.807, 2.05) is 17.9 Å². The molecule has 1 saturated heterocycles. The molecule has 2 aliphatic rings. The van der Waals surface area contributed by atoms with Crippen LogP contribution in [0.2, 0.25) is 0 Å². The summed E-state index contributed by atoms with van der Waals surface area (Å²) in [6.07, 6.45) is 6.73. The summed E-state index contributed by atoms with van der Waals surface area (Å²) in [7, 11) is 1.83. The first-order valence-electron chi connectivity index (χ1n) is 8.60. The van der Waals surface area contributed by atoms with Crippen molar-refractivity contribution in [1.29, 1.82) is 0 Å². The van der Waals surface area contributed by atoms with Crippen molar-refractivity contribution in [3.05, 3.63) is 18.0 Å². The largest absolute Gasteiger partial charge is 0.377 e. The molecule has 1 saturated carbocycles. The normalized spacial score (nSPS) is 29.6. The number of fused-ring (bicyclic) bond motifs is 1. The molecule has 0 spiro atoms. The highest BCUT2D eigenvalue weighted by atomic mass is 16.5. The van der Waals surface area contributed by atoms with Crippen LogP contribution in [-0.2, 0) is 11.3 Å². The molecule has 3 atom stereocenters. The SMILES string of the molecule is CN=C(NCCn1cc(C)cn1)NC1C2CCCOC2C1(C)C. The zero-order chi connectivity index (χ0) is 16.4. The summed E-state index contributed by atoms with van der Waals surface area (Å²) in [5.74, 6) is 1.47. The van der Waals surface area contributed by atoms with E-state index in [0.29, 0.717) is 18.1 Å². The summed E-state index contributed by atoms with van der Waals surface area (Å²) in [6.45, 7) is 9.18. The number of aryl methyl sites for hydroxylation is 1. The number of nitrogens with zero attached hydrogens (tertiary/aromatic N) is 3. The van der Waals surface area contributed by atoms with Crippen LogP contribution in [0.1, 0.15) is 32.3 Å². The average molecular weight is 319 g/mol. The Labute approximate surface area is 138 Å². The van der Waals surface area contributed by atoms with Gasteiger partial charge in [-0.25, -0.2) is 0 Å². The van der Waals surface area contributed by atoms with Gasteiger partial charge >= 0.3 is 0 Å². The lowest BCUT2D eigenvalue weighted by Gasteiger charge is -2.60. The molecule has 6 nitrogen and oxygen atoms in total. The molecule has 6 heteroatoms. The maximum atomic E-state index is 5.97. The van der Waals surface area contributed by atoms with Gasteiger partial charge in [-0.05, 0) is 25.3 Å². The number of rotatable bonds is 4. The molecule has 0 bridgehead atoms. The molecule has 1 aliphatic heterocycles. The summed E-state index contributed by atoms with van der Waals surface area (Å²) in [4.78, 5) is 4.37. The van der Waals surface area contributed by atoms with Crippen molar-refractivity contribution < 1.29 is 4.74 Å². The van der Waals surface area contributed by atoms with Crippen molar-refractivity contribution in [3.8, 4) is 0 Å². The van der Waals surface area contributed by atoms with Gasteiger partial charge in [0.2, 0.25) is 0 Å². The van der Waals surface area contributed by atoms with Gasteiger partial charge in [0.15, 0.2) is 5.96 Å². The quantitative estimate of drug-likeness (QED) is 0.653. The highest BCUT2D eigenvalue weighted by molar-refractivity contribution is 5.80. The zero-order valence-electron chi connectivity index (χ0n) is 14.7. The summed E-state index contributed by atoms with van der Waals surface area (Å²) < 4.78 is 7.92. The Bertz CT molecular complexity index is 565. The molecule has 3 rings (SSSR count). The Balaban J connectivity index is 1.51. The van der Waals surface area contributed by atoms with Gasteiger partial charge in [0, 0.05) is 43.8 Å². The second kappa shape index (κ2) is 6.51. The van der Waals surface area contributed by atoms with Crippen molar-refractivity contribution in [3.63, 3.8) is 0 Å². The molecule has 23 heavy (non-hydrogen) atoms. The number of nitrogens with one attached hydrogen (secondary N) is 2. The van der Waals surface area contributed by atoms with Crippen LogP contribution in [0.5, 0.6) is 0 Å². The molecule has 1 aliphatic carbocycles. The van der Waals surface area contributed by atoms with Crippen LogP contribution in [0.4, 0.5) is 0 Å². The lowest BCUT2D eigenvalue weighted by molar-refractivity contribution is -0.188. The fourth-order valence-corrected chi connectivity index (χ4v) is 4.04. The predicted molar refractivity (Wildman–Crippen MR) is 91.5 cm³/mol. The Morgan fingerprint density at radius 2 is 2.35 bits per heavy atom. The van der Waals surface area contributed by atoms with Crippen LogP contribution in [-0.4, -0.2) is 48.1 Å². The van der Waals surface area contributed by atoms with Gasteiger partial charge in [-0.3, -0.25) is 9.67 Å². The molecule has 0 radical (unpaired) electrons. The van der Waals surface area contributed by atoms with E-state index in [1.165, 1.54) is 18.4 Å². The standard InChI is InChI=1S/C17H29N5O/c1-12-10-20-22(11-12)8-7-19-16(18-4)21-14-13-6-5-9-23-15(13)17(14,2)3/h10-11,13-15H,5-9H2,1-4H3,(H2,18,19,21). The van der Waals surface area contributed by atoms with E-state index < -0.39 is 0 Å². The number of guanidine groups is 1. The van der Waals surface area contributed by atoms with E-state index in [-0.39, 0.29) is 5.41 Å². The van der Waals surface area contributed by atoms with Gasteiger partial charge < -0.3 is 15.4 Å². The predicted octanol–water partition coefficient (Wildman–Crippen LogP) is 1.56. The Hall–Kier alpha value is -1.56. The van der Waals surface area contributed by atoms with Gasteiger partial charge in [0.25, 0.3) is 0 Å². The first-order chi connectivity index (χ1) is 11.0. The fraction of sp³-hybridized carbons (Fsp3) is 0.765. The minimum absolute atomic E-state index is 0.155.